The van der Waals surface area contributed by atoms with Gasteiger partial charge >= 0.3 is 0 Å². The molecular formula is C11H16ClN3O2. The van der Waals surface area contributed by atoms with E-state index in [0.29, 0.717) is 19.7 Å². The molecule has 1 atom stereocenters. The zero-order chi connectivity index (χ0) is 12.4. The molecule has 0 aliphatic carbocycles. The van der Waals surface area contributed by atoms with Crippen molar-refractivity contribution in [1.29, 1.82) is 0 Å². The average Bonchev–Trinajstić information content (AvgIpc) is 2.69. The molecule has 1 aliphatic heterocycles. The van der Waals surface area contributed by atoms with E-state index in [1.165, 1.54) is 0 Å². The first-order valence-corrected chi connectivity index (χ1v) is 6.09. The molecule has 5 nitrogen and oxygen atoms in total. The maximum Gasteiger partial charge on any atom is 0.238 e. The number of hydrogen-bond donors (Lipinski definition) is 0. The number of ether oxygens (including phenoxy) is 1. The third-order valence-corrected chi connectivity index (χ3v) is 3.17. The van der Waals surface area contributed by atoms with Gasteiger partial charge in [-0.25, -0.2) is 0 Å². The Balaban J connectivity index is 2.19. The molecule has 0 fully saturated rings. The number of hydrogen-bond acceptors (Lipinski definition) is 3. The first kappa shape index (κ1) is 12.4. The standard InChI is InChI=1S/C11H16ClN3O2/c1-8-5-15-10(3-9(13-15)7-17-2)6-14(8)11(16)4-12/h3,8H,4-7H2,1-2H3. The van der Waals surface area contributed by atoms with Gasteiger partial charge in [-0.3, -0.25) is 9.48 Å². The summed E-state index contributed by atoms with van der Waals surface area (Å²) >= 11 is 5.60. The fraction of sp³-hybridized carbons (Fsp3) is 0.636. The first-order valence-electron chi connectivity index (χ1n) is 5.55. The Labute approximate surface area is 105 Å². The number of aromatic nitrogens is 2. The normalized spacial score (nSPS) is 19.2. The van der Waals surface area contributed by atoms with E-state index >= 15 is 0 Å². The lowest BCUT2D eigenvalue weighted by Crippen LogP contribution is -2.45. The van der Waals surface area contributed by atoms with Crippen LogP contribution in [0, 0.1) is 0 Å². The highest BCUT2D eigenvalue weighted by molar-refractivity contribution is 6.27. The molecule has 1 amide bonds. The zero-order valence-electron chi connectivity index (χ0n) is 10.0. The van der Waals surface area contributed by atoms with Crippen LogP contribution in [0.15, 0.2) is 6.07 Å². The quantitative estimate of drug-likeness (QED) is 0.759. The molecule has 0 aromatic carbocycles. The largest absolute Gasteiger partial charge is 0.378 e. The monoisotopic (exact) mass is 257 g/mol. The molecule has 0 radical (unpaired) electrons. The molecule has 0 bridgehead atoms. The van der Waals surface area contributed by atoms with E-state index in [1.807, 2.05) is 17.7 Å². The predicted octanol–water partition coefficient (Wildman–Crippen LogP) is 0.999. The Morgan fingerprint density at radius 3 is 3.12 bits per heavy atom. The van der Waals surface area contributed by atoms with Crippen LogP contribution in [-0.2, 0) is 29.2 Å². The van der Waals surface area contributed by atoms with Crippen LogP contribution in [0.4, 0.5) is 0 Å². The number of rotatable bonds is 3. The number of amides is 1. The second kappa shape index (κ2) is 5.06. The molecule has 17 heavy (non-hydrogen) atoms. The Morgan fingerprint density at radius 2 is 2.47 bits per heavy atom. The van der Waals surface area contributed by atoms with Crippen LogP contribution < -0.4 is 0 Å². The topological polar surface area (TPSA) is 47.4 Å². The third-order valence-electron chi connectivity index (χ3n) is 2.94. The maximum absolute atomic E-state index is 11.7. The lowest BCUT2D eigenvalue weighted by Gasteiger charge is -2.33. The number of carbonyl (C=O) groups excluding carboxylic acids is 1. The molecule has 2 rings (SSSR count). The van der Waals surface area contributed by atoms with Crippen molar-refractivity contribution in [3.8, 4) is 0 Å². The first-order chi connectivity index (χ1) is 8.15. The van der Waals surface area contributed by atoms with E-state index in [-0.39, 0.29) is 17.8 Å². The Kier molecular flexibility index (Phi) is 3.69. The molecule has 94 valence electrons. The van der Waals surface area contributed by atoms with Crippen LogP contribution in [0.1, 0.15) is 18.3 Å². The van der Waals surface area contributed by atoms with Crippen LogP contribution in [0.25, 0.3) is 0 Å². The fourth-order valence-corrected chi connectivity index (χ4v) is 2.26. The van der Waals surface area contributed by atoms with Gasteiger partial charge in [-0.1, -0.05) is 0 Å². The number of methoxy groups -OCH3 is 1. The summed E-state index contributed by atoms with van der Waals surface area (Å²) in [7, 11) is 1.64. The van der Waals surface area contributed by atoms with E-state index < -0.39 is 0 Å². The lowest BCUT2D eigenvalue weighted by molar-refractivity contribution is -0.132. The highest BCUT2D eigenvalue weighted by atomic mass is 35.5. The number of halogens is 1. The van der Waals surface area contributed by atoms with Crippen LogP contribution in [0.5, 0.6) is 0 Å². The molecular weight excluding hydrogens is 242 g/mol. The molecule has 0 saturated carbocycles. The predicted molar refractivity (Wildman–Crippen MR) is 63.7 cm³/mol. The minimum Gasteiger partial charge on any atom is -0.378 e. The van der Waals surface area contributed by atoms with Gasteiger partial charge in [0.05, 0.1) is 31.1 Å². The molecule has 0 N–H and O–H groups in total. The summed E-state index contributed by atoms with van der Waals surface area (Å²) in [5.41, 5.74) is 1.93. The van der Waals surface area contributed by atoms with Gasteiger partial charge in [0.1, 0.15) is 5.88 Å². The van der Waals surface area contributed by atoms with Crippen molar-refractivity contribution in [1.82, 2.24) is 14.7 Å². The number of alkyl halides is 1. The van der Waals surface area contributed by atoms with Crippen molar-refractivity contribution >= 4 is 17.5 Å². The summed E-state index contributed by atoms with van der Waals surface area (Å²) in [6, 6.07) is 2.10. The van der Waals surface area contributed by atoms with Gasteiger partial charge in [0.2, 0.25) is 5.91 Å². The van der Waals surface area contributed by atoms with Crippen molar-refractivity contribution in [2.45, 2.75) is 32.7 Å². The van der Waals surface area contributed by atoms with E-state index in [9.17, 15) is 4.79 Å². The zero-order valence-corrected chi connectivity index (χ0v) is 10.8. The minimum absolute atomic E-state index is 0.0279. The number of fused-ring (bicyclic) bond motifs is 1. The molecule has 1 unspecified atom stereocenters. The van der Waals surface area contributed by atoms with Gasteiger partial charge in [-0.05, 0) is 13.0 Å². The summed E-state index contributed by atoms with van der Waals surface area (Å²) in [5.74, 6) is 0.00329. The van der Waals surface area contributed by atoms with Crippen molar-refractivity contribution in [2.24, 2.45) is 0 Å². The lowest BCUT2D eigenvalue weighted by atomic mass is 10.2. The second-order valence-corrected chi connectivity index (χ2v) is 4.51. The van der Waals surface area contributed by atoms with Crippen molar-refractivity contribution in [3.05, 3.63) is 17.5 Å². The number of carbonyl (C=O) groups is 1. The fourth-order valence-electron chi connectivity index (χ4n) is 2.11. The van der Waals surface area contributed by atoms with Crippen LogP contribution >= 0.6 is 11.6 Å². The summed E-state index contributed by atoms with van der Waals surface area (Å²) in [5, 5.41) is 4.43. The molecule has 1 aliphatic rings. The minimum atomic E-state index is -0.0279. The van der Waals surface area contributed by atoms with Gasteiger partial charge < -0.3 is 9.64 Å². The van der Waals surface area contributed by atoms with E-state index in [0.717, 1.165) is 11.4 Å². The van der Waals surface area contributed by atoms with Gasteiger partial charge in [-0.2, -0.15) is 5.10 Å². The van der Waals surface area contributed by atoms with Crippen LogP contribution in [-0.4, -0.2) is 39.6 Å². The van der Waals surface area contributed by atoms with Crippen LogP contribution in [0.3, 0.4) is 0 Å². The molecule has 1 aromatic rings. The summed E-state index contributed by atoms with van der Waals surface area (Å²) < 4.78 is 6.99. The Morgan fingerprint density at radius 1 is 1.71 bits per heavy atom. The third kappa shape index (κ3) is 2.45. The van der Waals surface area contributed by atoms with Gasteiger partial charge in [0, 0.05) is 13.2 Å². The Hall–Kier alpha value is -1.07. The van der Waals surface area contributed by atoms with Crippen molar-refractivity contribution in [3.63, 3.8) is 0 Å². The van der Waals surface area contributed by atoms with E-state index in [1.54, 1.807) is 12.0 Å². The average molecular weight is 258 g/mol. The highest BCUT2D eigenvalue weighted by Crippen LogP contribution is 2.19. The Bertz CT molecular complexity index is 419. The molecule has 2 heterocycles. The maximum atomic E-state index is 11.7. The number of nitrogens with zero attached hydrogens (tertiary/aromatic N) is 3. The van der Waals surface area contributed by atoms with Crippen LogP contribution in [0.2, 0.25) is 0 Å². The SMILES string of the molecule is COCc1cc2n(n1)CC(C)N(C(=O)CCl)C2. The van der Waals surface area contributed by atoms with Crippen molar-refractivity contribution < 1.29 is 9.53 Å². The van der Waals surface area contributed by atoms with Gasteiger partial charge in [0.25, 0.3) is 0 Å². The molecule has 0 saturated heterocycles. The van der Waals surface area contributed by atoms with Gasteiger partial charge in [-0.15, -0.1) is 11.6 Å². The molecule has 0 spiro atoms. The highest BCUT2D eigenvalue weighted by Gasteiger charge is 2.27. The summed E-state index contributed by atoms with van der Waals surface area (Å²) in [6.45, 7) is 3.79. The van der Waals surface area contributed by atoms with Gasteiger partial charge in [0.15, 0.2) is 0 Å². The van der Waals surface area contributed by atoms with E-state index in [4.69, 9.17) is 16.3 Å². The second-order valence-electron chi connectivity index (χ2n) is 4.25. The summed E-state index contributed by atoms with van der Waals surface area (Å²) in [6.07, 6.45) is 0. The summed E-state index contributed by atoms with van der Waals surface area (Å²) in [4.78, 5) is 13.5. The van der Waals surface area contributed by atoms with E-state index in [2.05, 4.69) is 5.10 Å². The smallest absolute Gasteiger partial charge is 0.238 e. The molecule has 1 aromatic heterocycles. The molecule has 6 heteroatoms. The van der Waals surface area contributed by atoms with Crippen molar-refractivity contribution in [2.75, 3.05) is 13.0 Å².